The molecule has 0 aliphatic carbocycles. The van der Waals surface area contributed by atoms with E-state index in [4.69, 9.17) is 5.73 Å². The molecule has 5 heteroatoms. The molecule has 1 aromatic rings. The van der Waals surface area contributed by atoms with Crippen LogP contribution in [0, 0.1) is 0 Å². The molecule has 80 valence electrons. The lowest BCUT2D eigenvalue weighted by Crippen LogP contribution is -2.13. The van der Waals surface area contributed by atoms with Gasteiger partial charge in [0.2, 0.25) is 5.13 Å². The Morgan fingerprint density at radius 2 is 2.14 bits per heavy atom. The van der Waals surface area contributed by atoms with Crippen LogP contribution in [-0.2, 0) is 5.41 Å². The molecule has 1 heterocycles. The highest BCUT2D eigenvalue weighted by Crippen LogP contribution is 2.22. The minimum atomic E-state index is 0.0320. The number of aromatic nitrogens is 2. The molecular weight excluding hydrogens is 196 g/mol. The SMILES string of the molecule is CC(C)(C)c1nsc(NCCCN)n1. The van der Waals surface area contributed by atoms with E-state index < -0.39 is 0 Å². The minimum absolute atomic E-state index is 0.0320. The van der Waals surface area contributed by atoms with Gasteiger partial charge in [0, 0.05) is 23.5 Å². The molecule has 0 amide bonds. The lowest BCUT2D eigenvalue weighted by molar-refractivity contribution is 0.555. The topological polar surface area (TPSA) is 63.8 Å². The van der Waals surface area contributed by atoms with Gasteiger partial charge in [-0.25, -0.2) is 4.98 Å². The zero-order valence-corrected chi connectivity index (χ0v) is 9.82. The van der Waals surface area contributed by atoms with Crippen LogP contribution < -0.4 is 11.1 Å². The molecule has 14 heavy (non-hydrogen) atoms. The van der Waals surface area contributed by atoms with E-state index in [1.807, 2.05) is 0 Å². The lowest BCUT2D eigenvalue weighted by Gasteiger charge is -2.12. The Morgan fingerprint density at radius 3 is 2.64 bits per heavy atom. The summed E-state index contributed by atoms with van der Waals surface area (Å²) in [6.07, 6.45) is 0.963. The Balaban J connectivity index is 2.51. The number of anilines is 1. The quantitative estimate of drug-likeness (QED) is 0.747. The molecule has 0 saturated carbocycles. The number of hydrogen-bond acceptors (Lipinski definition) is 5. The molecule has 3 N–H and O–H groups in total. The largest absolute Gasteiger partial charge is 0.360 e. The van der Waals surface area contributed by atoms with Gasteiger partial charge in [0.15, 0.2) is 0 Å². The first-order chi connectivity index (χ1) is 6.54. The highest BCUT2D eigenvalue weighted by atomic mass is 32.1. The average molecular weight is 214 g/mol. The van der Waals surface area contributed by atoms with Crippen LogP contribution in [0.3, 0.4) is 0 Å². The van der Waals surface area contributed by atoms with Gasteiger partial charge in [0.25, 0.3) is 0 Å². The minimum Gasteiger partial charge on any atom is -0.360 e. The van der Waals surface area contributed by atoms with E-state index in [0.29, 0.717) is 6.54 Å². The highest BCUT2D eigenvalue weighted by molar-refractivity contribution is 7.09. The Morgan fingerprint density at radius 1 is 1.43 bits per heavy atom. The molecule has 0 saturated heterocycles. The zero-order chi connectivity index (χ0) is 10.6. The summed E-state index contributed by atoms with van der Waals surface area (Å²) in [6.45, 7) is 7.91. The normalized spacial score (nSPS) is 11.7. The van der Waals surface area contributed by atoms with E-state index in [2.05, 4.69) is 35.4 Å². The van der Waals surface area contributed by atoms with Gasteiger partial charge in [-0.05, 0) is 13.0 Å². The molecule has 0 atom stereocenters. The molecule has 1 aromatic heterocycles. The average Bonchev–Trinajstić information content (AvgIpc) is 2.52. The first-order valence-electron chi connectivity index (χ1n) is 4.82. The number of nitrogens with zero attached hydrogens (tertiary/aromatic N) is 2. The van der Waals surface area contributed by atoms with Gasteiger partial charge in [0.05, 0.1) is 0 Å². The summed E-state index contributed by atoms with van der Waals surface area (Å²) in [5, 5.41) is 4.09. The maximum absolute atomic E-state index is 5.39. The number of rotatable bonds is 4. The molecule has 0 aliphatic heterocycles. The number of nitrogens with one attached hydrogen (secondary N) is 1. The molecular formula is C9H18N4S. The molecule has 0 fully saturated rings. The van der Waals surface area contributed by atoms with Crippen molar-refractivity contribution in [2.24, 2.45) is 5.73 Å². The van der Waals surface area contributed by atoms with Crippen molar-refractivity contribution < 1.29 is 0 Å². The first kappa shape index (κ1) is 11.4. The highest BCUT2D eigenvalue weighted by Gasteiger charge is 2.19. The van der Waals surface area contributed by atoms with Gasteiger partial charge < -0.3 is 11.1 Å². The fourth-order valence-electron chi connectivity index (χ4n) is 0.897. The van der Waals surface area contributed by atoms with Crippen molar-refractivity contribution in [3.05, 3.63) is 5.82 Å². The summed E-state index contributed by atoms with van der Waals surface area (Å²) in [5.41, 5.74) is 5.43. The maximum atomic E-state index is 5.39. The van der Waals surface area contributed by atoms with Crippen LogP contribution in [0.15, 0.2) is 0 Å². The molecule has 0 spiro atoms. The molecule has 0 aromatic carbocycles. The van der Waals surface area contributed by atoms with Crippen LogP contribution in [0.4, 0.5) is 5.13 Å². The molecule has 0 unspecified atom stereocenters. The van der Waals surface area contributed by atoms with Crippen molar-refractivity contribution in [1.82, 2.24) is 9.36 Å². The van der Waals surface area contributed by atoms with E-state index in [-0.39, 0.29) is 5.41 Å². The standard InChI is InChI=1S/C9H18N4S/c1-9(2,3)7-12-8(14-13-7)11-6-4-5-10/h4-6,10H2,1-3H3,(H,11,12,13). The summed E-state index contributed by atoms with van der Waals surface area (Å²) in [6, 6.07) is 0. The molecule has 0 aliphatic rings. The Hall–Kier alpha value is -0.680. The fourth-order valence-corrected chi connectivity index (χ4v) is 1.68. The zero-order valence-electron chi connectivity index (χ0n) is 9.00. The predicted molar refractivity (Wildman–Crippen MR) is 60.8 cm³/mol. The van der Waals surface area contributed by atoms with Gasteiger partial charge in [-0.3, -0.25) is 0 Å². The molecule has 4 nitrogen and oxygen atoms in total. The van der Waals surface area contributed by atoms with E-state index in [1.54, 1.807) is 0 Å². The van der Waals surface area contributed by atoms with Crippen molar-refractivity contribution in [3.63, 3.8) is 0 Å². The second-order valence-corrected chi connectivity index (χ2v) is 4.99. The predicted octanol–water partition coefficient (Wildman–Crippen LogP) is 1.60. The van der Waals surface area contributed by atoms with Crippen molar-refractivity contribution in [2.75, 3.05) is 18.4 Å². The van der Waals surface area contributed by atoms with Crippen molar-refractivity contribution in [3.8, 4) is 0 Å². The molecule has 0 radical (unpaired) electrons. The first-order valence-corrected chi connectivity index (χ1v) is 5.59. The van der Waals surface area contributed by atoms with Crippen LogP contribution in [0.5, 0.6) is 0 Å². The molecule has 0 bridgehead atoms. The van der Waals surface area contributed by atoms with Gasteiger partial charge in [-0.15, -0.1) is 0 Å². The van der Waals surface area contributed by atoms with E-state index in [0.717, 1.165) is 23.9 Å². The fraction of sp³-hybridized carbons (Fsp3) is 0.778. The molecule has 1 rings (SSSR count). The summed E-state index contributed by atoms with van der Waals surface area (Å²) in [7, 11) is 0. The van der Waals surface area contributed by atoms with Crippen molar-refractivity contribution >= 4 is 16.7 Å². The van der Waals surface area contributed by atoms with Gasteiger partial charge in [-0.2, -0.15) is 4.37 Å². The van der Waals surface area contributed by atoms with Crippen LogP contribution in [0.1, 0.15) is 33.0 Å². The summed E-state index contributed by atoms with van der Waals surface area (Å²) in [5.74, 6) is 0.901. The van der Waals surface area contributed by atoms with Crippen LogP contribution in [0.25, 0.3) is 0 Å². The van der Waals surface area contributed by atoms with Crippen LogP contribution in [0.2, 0.25) is 0 Å². The smallest absolute Gasteiger partial charge is 0.202 e. The summed E-state index contributed by atoms with van der Waals surface area (Å²) >= 11 is 1.41. The maximum Gasteiger partial charge on any atom is 0.202 e. The van der Waals surface area contributed by atoms with Gasteiger partial charge >= 0.3 is 0 Å². The van der Waals surface area contributed by atoms with E-state index >= 15 is 0 Å². The van der Waals surface area contributed by atoms with Crippen molar-refractivity contribution in [2.45, 2.75) is 32.6 Å². The second-order valence-electron chi connectivity index (χ2n) is 4.24. The van der Waals surface area contributed by atoms with Crippen LogP contribution >= 0.6 is 11.5 Å². The van der Waals surface area contributed by atoms with Gasteiger partial charge in [0.1, 0.15) is 5.82 Å². The lowest BCUT2D eigenvalue weighted by atomic mass is 9.96. The number of hydrogen-bond donors (Lipinski definition) is 2. The van der Waals surface area contributed by atoms with Gasteiger partial charge in [-0.1, -0.05) is 20.8 Å². The van der Waals surface area contributed by atoms with E-state index in [1.165, 1.54) is 11.5 Å². The summed E-state index contributed by atoms with van der Waals surface area (Å²) < 4.78 is 4.30. The van der Waals surface area contributed by atoms with Crippen molar-refractivity contribution in [1.29, 1.82) is 0 Å². The monoisotopic (exact) mass is 214 g/mol. The third-order valence-electron chi connectivity index (χ3n) is 1.75. The summed E-state index contributed by atoms with van der Waals surface area (Å²) in [4.78, 5) is 4.41. The third kappa shape index (κ3) is 3.23. The van der Waals surface area contributed by atoms with E-state index in [9.17, 15) is 0 Å². The number of nitrogens with two attached hydrogens (primary N) is 1. The Bertz CT molecular complexity index is 277. The Kier molecular flexibility index (Phi) is 3.83. The third-order valence-corrected chi connectivity index (χ3v) is 2.43. The Labute approximate surface area is 89.1 Å². The van der Waals surface area contributed by atoms with Crippen LogP contribution in [-0.4, -0.2) is 22.4 Å². The second kappa shape index (κ2) is 4.70.